The van der Waals surface area contributed by atoms with E-state index in [4.69, 9.17) is 0 Å². The topological polar surface area (TPSA) is 79.4 Å². The summed E-state index contributed by atoms with van der Waals surface area (Å²) >= 11 is 2.47. The summed E-state index contributed by atoms with van der Waals surface area (Å²) in [6, 6.07) is 19.8. The SMILES string of the molecule is O=C(Nc1nc(-c2ccccc2)cs1)C1Cc2ccccc2CN1S(=O)(=O)c1cccs1. The zero-order chi connectivity index (χ0) is 22.1. The van der Waals surface area contributed by atoms with Gasteiger partial charge in [-0.3, -0.25) is 4.79 Å². The van der Waals surface area contributed by atoms with Crippen LogP contribution in [0.15, 0.2) is 81.7 Å². The number of amides is 1. The van der Waals surface area contributed by atoms with Crippen LogP contribution in [0.4, 0.5) is 5.13 Å². The Balaban J connectivity index is 1.44. The van der Waals surface area contributed by atoms with Crippen LogP contribution in [0.3, 0.4) is 0 Å². The summed E-state index contributed by atoms with van der Waals surface area (Å²) in [5.74, 6) is -0.381. The van der Waals surface area contributed by atoms with E-state index < -0.39 is 16.1 Å². The second-order valence-corrected chi connectivity index (χ2v) is 11.3. The second kappa shape index (κ2) is 8.59. The van der Waals surface area contributed by atoms with Crippen LogP contribution in [-0.4, -0.2) is 29.7 Å². The number of benzene rings is 2. The smallest absolute Gasteiger partial charge is 0.253 e. The molecule has 3 heterocycles. The molecule has 0 bridgehead atoms. The van der Waals surface area contributed by atoms with Crippen LogP contribution in [0.1, 0.15) is 11.1 Å². The number of rotatable bonds is 5. The number of hydrogen-bond acceptors (Lipinski definition) is 6. The van der Waals surface area contributed by atoms with E-state index in [9.17, 15) is 13.2 Å². The maximum absolute atomic E-state index is 13.4. The van der Waals surface area contributed by atoms with Gasteiger partial charge in [0, 0.05) is 17.5 Å². The maximum atomic E-state index is 13.4. The van der Waals surface area contributed by atoms with Crippen LogP contribution in [0, 0.1) is 0 Å². The molecule has 32 heavy (non-hydrogen) atoms. The molecule has 1 aliphatic heterocycles. The quantitative estimate of drug-likeness (QED) is 0.451. The van der Waals surface area contributed by atoms with Crippen molar-refractivity contribution in [3.8, 4) is 11.3 Å². The van der Waals surface area contributed by atoms with Crippen molar-refractivity contribution < 1.29 is 13.2 Å². The van der Waals surface area contributed by atoms with Crippen molar-refractivity contribution in [3.05, 3.63) is 88.6 Å². The van der Waals surface area contributed by atoms with E-state index in [0.29, 0.717) is 11.6 Å². The highest BCUT2D eigenvalue weighted by Gasteiger charge is 2.40. The molecule has 1 N–H and O–H groups in total. The summed E-state index contributed by atoms with van der Waals surface area (Å²) in [5.41, 5.74) is 3.62. The van der Waals surface area contributed by atoms with E-state index in [0.717, 1.165) is 33.7 Å². The van der Waals surface area contributed by atoms with Gasteiger partial charge >= 0.3 is 0 Å². The molecule has 1 unspecified atom stereocenters. The fourth-order valence-corrected chi connectivity index (χ4v) is 7.17. The van der Waals surface area contributed by atoms with Crippen molar-refractivity contribution >= 4 is 43.7 Å². The minimum absolute atomic E-state index is 0.154. The third kappa shape index (κ3) is 4.00. The van der Waals surface area contributed by atoms with Crippen molar-refractivity contribution in [2.45, 2.75) is 23.2 Å². The fraction of sp³-hybridized carbons (Fsp3) is 0.130. The average Bonchev–Trinajstić information content (AvgIpc) is 3.52. The molecule has 2 aromatic heterocycles. The van der Waals surface area contributed by atoms with E-state index in [2.05, 4.69) is 10.3 Å². The molecule has 9 heteroatoms. The third-order valence-corrected chi connectivity index (χ3v) is 9.36. The van der Waals surface area contributed by atoms with Crippen molar-refractivity contribution in [3.63, 3.8) is 0 Å². The van der Waals surface area contributed by atoms with Gasteiger partial charge in [0.2, 0.25) is 5.91 Å². The van der Waals surface area contributed by atoms with E-state index in [1.54, 1.807) is 17.5 Å². The van der Waals surface area contributed by atoms with E-state index in [-0.39, 0.29) is 16.7 Å². The van der Waals surface area contributed by atoms with Gasteiger partial charge in [0.25, 0.3) is 10.0 Å². The maximum Gasteiger partial charge on any atom is 0.253 e. The standard InChI is InChI=1S/C23H19N3O3S3/c27-22(25-23-24-19(15-31-23)16-7-2-1-3-8-16)20-13-17-9-4-5-10-18(17)14-26(20)32(28,29)21-11-6-12-30-21/h1-12,15,20H,13-14H2,(H,24,25,27). The normalized spacial score (nSPS) is 16.4. The number of thiazole rings is 1. The molecular weight excluding hydrogens is 462 g/mol. The van der Waals surface area contributed by atoms with Gasteiger partial charge in [-0.2, -0.15) is 4.31 Å². The molecule has 6 nitrogen and oxygen atoms in total. The number of hydrogen-bond donors (Lipinski definition) is 1. The minimum atomic E-state index is -3.81. The zero-order valence-corrected chi connectivity index (χ0v) is 19.3. The fourth-order valence-electron chi connectivity index (χ4n) is 3.76. The van der Waals surface area contributed by atoms with E-state index in [1.807, 2.05) is 60.0 Å². The van der Waals surface area contributed by atoms with Crippen LogP contribution in [0.25, 0.3) is 11.3 Å². The minimum Gasteiger partial charge on any atom is -0.301 e. The van der Waals surface area contributed by atoms with Gasteiger partial charge in [-0.1, -0.05) is 60.7 Å². The zero-order valence-electron chi connectivity index (χ0n) is 16.8. The molecule has 0 aliphatic carbocycles. The van der Waals surface area contributed by atoms with Crippen molar-refractivity contribution in [1.29, 1.82) is 0 Å². The van der Waals surface area contributed by atoms with E-state index in [1.165, 1.54) is 15.6 Å². The van der Waals surface area contributed by atoms with Gasteiger partial charge in [-0.15, -0.1) is 22.7 Å². The first-order valence-corrected chi connectivity index (χ1v) is 13.2. The lowest BCUT2D eigenvalue weighted by Crippen LogP contribution is -2.50. The Morgan fingerprint density at radius 2 is 1.72 bits per heavy atom. The van der Waals surface area contributed by atoms with Crippen LogP contribution >= 0.6 is 22.7 Å². The first-order valence-electron chi connectivity index (χ1n) is 9.96. The van der Waals surface area contributed by atoms with Gasteiger partial charge in [0.15, 0.2) is 5.13 Å². The Morgan fingerprint density at radius 1 is 0.969 bits per heavy atom. The molecule has 0 radical (unpaired) electrons. The number of anilines is 1. The van der Waals surface area contributed by atoms with E-state index >= 15 is 0 Å². The first-order chi connectivity index (χ1) is 15.5. The lowest BCUT2D eigenvalue weighted by Gasteiger charge is -2.34. The molecule has 4 aromatic rings. The lowest BCUT2D eigenvalue weighted by molar-refractivity contribution is -0.120. The summed E-state index contributed by atoms with van der Waals surface area (Å²) in [6.45, 7) is 0.154. The summed E-state index contributed by atoms with van der Waals surface area (Å²) in [6.07, 6.45) is 0.309. The molecule has 1 amide bonds. The number of carbonyl (C=O) groups is 1. The number of fused-ring (bicyclic) bond motifs is 1. The van der Waals surface area contributed by atoms with Crippen LogP contribution in [0.5, 0.6) is 0 Å². The molecule has 1 aliphatic rings. The predicted octanol–water partition coefficient (Wildman–Crippen LogP) is 4.63. The Labute approximate surface area is 194 Å². The van der Waals surface area contributed by atoms with Crippen molar-refractivity contribution in [2.75, 3.05) is 5.32 Å². The van der Waals surface area contributed by atoms with Crippen molar-refractivity contribution in [2.24, 2.45) is 0 Å². The summed E-state index contributed by atoms with van der Waals surface area (Å²) in [7, 11) is -3.81. The van der Waals surface area contributed by atoms with Crippen LogP contribution in [0.2, 0.25) is 0 Å². The van der Waals surface area contributed by atoms with Gasteiger partial charge in [-0.25, -0.2) is 13.4 Å². The number of nitrogens with one attached hydrogen (secondary N) is 1. The molecule has 0 saturated heterocycles. The Kier molecular flexibility index (Phi) is 5.64. The predicted molar refractivity (Wildman–Crippen MR) is 127 cm³/mol. The number of aromatic nitrogens is 1. The molecular formula is C23H19N3O3S3. The second-order valence-electron chi connectivity index (χ2n) is 7.36. The molecule has 0 spiro atoms. The molecule has 2 aromatic carbocycles. The van der Waals surface area contributed by atoms with Crippen LogP contribution < -0.4 is 5.32 Å². The van der Waals surface area contributed by atoms with Crippen LogP contribution in [-0.2, 0) is 27.8 Å². The Bertz CT molecular complexity index is 1350. The largest absolute Gasteiger partial charge is 0.301 e. The Morgan fingerprint density at radius 3 is 2.47 bits per heavy atom. The summed E-state index contributed by atoms with van der Waals surface area (Å²) in [4.78, 5) is 17.8. The molecule has 162 valence electrons. The average molecular weight is 482 g/mol. The van der Waals surface area contributed by atoms with Crippen molar-refractivity contribution in [1.82, 2.24) is 9.29 Å². The lowest BCUT2D eigenvalue weighted by atomic mass is 9.95. The first kappa shape index (κ1) is 21.0. The number of thiophene rings is 1. The van der Waals surface area contributed by atoms with Gasteiger partial charge in [0.05, 0.1) is 5.69 Å². The third-order valence-electron chi connectivity index (χ3n) is 5.37. The highest BCUT2D eigenvalue weighted by molar-refractivity contribution is 7.91. The highest BCUT2D eigenvalue weighted by atomic mass is 32.2. The highest BCUT2D eigenvalue weighted by Crippen LogP contribution is 2.32. The number of nitrogens with zero attached hydrogens (tertiary/aromatic N) is 2. The number of sulfonamides is 1. The summed E-state index contributed by atoms with van der Waals surface area (Å²) < 4.78 is 28.3. The monoisotopic (exact) mass is 481 g/mol. The molecule has 0 saturated carbocycles. The summed E-state index contributed by atoms with van der Waals surface area (Å²) in [5, 5.41) is 6.89. The van der Waals surface area contributed by atoms with Gasteiger partial charge in [-0.05, 0) is 29.0 Å². The Hall–Kier alpha value is -2.85. The number of carbonyl (C=O) groups excluding carboxylic acids is 1. The molecule has 5 rings (SSSR count). The molecule has 1 atom stereocenters. The van der Waals surface area contributed by atoms with Gasteiger partial charge in [0.1, 0.15) is 10.3 Å². The van der Waals surface area contributed by atoms with Gasteiger partial charge < -0.3 is 5.32 Å². The molecule has 0 fully saturated rings.